The topological polar surface area (TPSA) is 92.7 Å². The first-order chi connectivity index (χ1) is 18.6. The highest BCUT2D eigenvalue weighted by atomic mass is 32.2. The van der Waals surface area contributed by atoms with Crippen molar-refractivity contribution in [1.82, 2.24) is 0 Å². The van der Waals surface area contributed by atoms with Gasteiger partial charge >= 0.3 is 7.37 Å². The molecule has 0 saturated heterocycles. The summed E-state index contributed by atoms with van der Waals surface area (Å²) in [4.78, 5) is -0.249. The fourth-order valence-corrected chi connectivity index (χ4v) is 7.45. The quantitative estimate of drug-likeness (QED) is 0.229. The number of rotatable bonds is 7. The normalized spacial score (nSPS) is 12.7. The summed E-state index contributed by atoms with van der Waals surface area (Å²) in [6.45, 7) is 11.9. The van der Waals surface area contributed by atoms with Gasteiger partial charge in [0.15, 0.2) is 5.75 Å². The molecular formula is C32H36NO5PS. The van der Waals surface area contributed by atoms with Gasteiger partial charge in [-0.1, -0.05) is 90.1 Å². The lowest BCUT2D eigenvalue weighted by Crippen LogP contribution is -2.21. The number of nitrogens with one attached hydrogen (secondary N) is 1. The van der Waals surface area contributed by atoms with E-state index in [9.17, 15) is 18.1 Å². The summed E-state index contributed by atoms with van der Waals surface area (Å²) in [6, 6.07) is 27.5. The fraction of sp³-hybridized carbons (Fsp3) is 0.250. The van der Waals surface area contributed by atoms with E-state index in [0.717, 1.165) is 11.1 Å². The minimum absolute atomic E-state index is 0.110. The minimum atomic E-state index is -4.27. The molecule has 0 aliphatic rings. The lowest BCUT2D eigenvalue weighted by molar-refractivity contribution is 0.457. The zero-order chi connectivity index (χ0) is 29.3. The number of hydrogen-bond acceptors (Lipinski definition) is 5. The third-order valence-corrected chi connectivity index (χ3v) is 10.4. The predicted octanol–water partition coefficient (Wildman–Crippen LogP) is 7.10. The van der Waals surface area contributed by atoms with Gasteiger partial charge < -0.3 is 9.63 Å². The molecule has 0 radical (unpaired) electrons. The molecule has 8 heteroatoms. The van der Waals surface area contributed by atoms with Gasteiger partial charge in [0.05, 0.1) is 16.3 Å². The van der Waals surface area contributed by atoms with Crippen molar-refractivity contribution >= 4 is 33.7 Å². The number of benzene rings is 4. The van der Waals surface area contributed by atoms with Crippen LogP contribution in [0.25, 0.3) is 0 Å². The molecule has 0 amide bonds. The number of aromatic hydroxyl groups is 1. The van der Waals surface area contributed by atoms with E-state index in [1.54, 1.807) is 66.7 Å². The van der Waals surface area contributed by atoms with Crippen molar-refractivity contribution < 1.29 is 22.6 Å². The highest BCUT2D eigenvalue weighted by Crippen LogP contribution is 2.48. The Morgan fingerprint density at radius 1 is 0.700 bits per heavy atom. The third kappa shape index (κ3) is 6.27. The van der Waals surface area contributed by atoms with Gasteiger partial charge in [-0.15, -0.1) is 0 Å². The van der Waals surface area contributed by atoms with Gasteiger partial charge in [-0.25, -0.2) is 8.42 Å². The van der Waals surface area contributed by atoms with Crippen LogP contribution >= 0.6 is 7.37 Å². The number of sulfonamides is 1. The van der Waals surface area contributed by atoms with Gasteiger partial charge in [0.2, 0.25) is 0 Å². The highest BCUT2D eigenvalue weighted by Gasteiger charge is 2.32. The largest absolute Gasteiger partial charge is 0.507 e. The van der Waals surface area contributed by atoms with Gasteiger partial charge in [-0.2, -0.15) is 0 Å². The second-order valence-electron chi connectivity index (χ2n) is 11.8. The maximum absolute atomic E-state index is 14.6. The molecule has 2 N–H and O–H groups in total. The van der Waals surface area contributed by atoms with Gasteiger partial charge in [-0.05, 0) is 70.5 Å². The fourth-order valence-electron chi connectivity index (χ4n) is 4.19. The number of anilines is 1. The number of phenols is 1. The van der Waals surface area contributed by atoms with Gasteiger partial charge in [0.25, 0.3) is 10.0 Å². The van der Waals surface area contributed by atoms with Crippen LogP contribution < -0.4 is 19.9 Å². The summed E-state index contributed by atoms with van der Waals surface area (Å²) in [6.07, 6.45) is 0. The summed E-state index contributed by atoms with van der Waals surface area (Å²) >= 11 is 0. The molecule has 0 spiro atoms. The van der Waals surface area contributed by atoms with Gasteiger partial charge in [-0.3, -0.25) is 9.29 Å². The van der Waals surface area contributed by atoms with Crippen LogP contribution in [0.2, 0.25) is 0 Å². The van der Waals surface area contributed by atoms with Crippen LogP contribution in [-0.2, 0) is 25.4 Å². The predicted molar refractivity (Wildman–Crippen MR) is 163 cm³/mol. The lowest BCUT2D eigenvalue weighted by atomic mass is 9.87. The first-order valence-electron chi connectivity index (χ1n) is 13.0. The third-order valence-electron chi connectivity index (χ3n) is 6.62. The first-order valence-corrected chi connectivity index (χ1v) is 16.1. The van der Waals surface area contributed by atoms with Gasteiger partial charge in [0, 0.05) is 0 Å². The molecule has 0 unspecified atom stereocenters. The SMILES string of the molecule is CC(C)(C)c1ccc(OP(=O)(c2ccccc2)c2ccccc2)c(NS(=O)(=O)c2cc(C(C)(C)C)ccc2O)c1. The molecule has 4 aromatic carbocycles. The van der Waals surface area contributed by atoms with Crippen LogP contribution in [0.1, 0.15) is 52.7 Å². The summed E-state index contributed by atoms with van der Waals surface area (Å²) in [7, 11) is -7.96. The van der Waals surface area contributed by atoms with E-state index >= 15 is 0 Å². The van der Waals surface area contributed by atoms with E-state index in [-0.39, 0.29) is 32.9 Å². The molecular weight excluding hydrogens is 541 g/mol. The summed E-state index contributed by atoms with van der Waals surface area (Å²) in [5.74, 6) is -0.256. The Morgan fingerprint density at radius 2 is 1.18 bits per heavy atom. The Morgan fingerprint density at radius 3 is 1.68 bits per heavy atom. The van der Waals surface area contributed by atoms with Crippen LogP contribution in [0.5, 0.6) is 11.5 Å². The molecule has 6 nitrogen and oxygen atoms in total. The maximum Gasteiger partial charge on any atom is 0.306 e. The number of hydrogen-bond donors (Lipinski definition) is 2. The van der Waals surface area contributed by atoms with E-state index in [1.165, 1.54) is 12.1 Å². The minimum Gasteiger partial charge on any atom is -0.507 e. The molecule has 0 aromatic heterocycles. The van der Waals surface area contributed by atoms with Crippen LogP contribution in [-0.4, -0.2) is 13.5 Å². The zero-order valence-electron chi connectivity index (χ0n) is 23.7. The van der Waals surface area contributed by atoms with Crippen molar-refractivity contribution in [3.05, 3.63) is 108 Å². The molecule has 210 valence electrons. The molecule has 0 aliphatic heterocycles. The van der Waals surface area contributed by atoms with Crippen molar-refractivity contribution in [1.29, 1.82) is 0 Å². The van der Waals surface area contributed by atoms with E-state index in [0.29, 0.717) is 10.6 Å². The Balaban J connectivity index is 1.87. The van der Waals surface area contributed by atoms with E-state index in [4.69, 9.17) is 4.52 Å². The van der Waals surface area contributed by atoms with Gasteiger partial charge in [0.1, 0.15) is 10.6 Å². The molecule has 0 saturated carbocycles. The van der Waals surface area contributed by atoms with Crippen molar-refractivity contribution in [2.45, 2.75) is 57.3 Å². The van der Waals surface area contributed by atoms with Crippen LogP contribution in [0.4, 0.5) is 5.69 Å². The second-order valence-corrected chi connectivity index (χ2v) is 15.8. The lowest BCUT2D eigenvalue weighted by Gasteiger charge is -2.25. The van der Waals surface area contributed by atoms with Crippen LogP contribution in [0.15, 0.2) is 102 Å². The Hall–Kier alpha value is -3.54. The van der Waals surface area contributed by atoms with Crippen molar-refractivity contribution in [2.75, 3.05) is 4.72 Å². The van der Waals surface area contributed by atoms with E-state index in [1.807, 2.05) is 59.7 Å². The molecule has 0 bridgehead atoms. The highest BCUT2D eigenvalue weighted by molar-refractivity contribution is 7.92. The molecule has 0 atom stereocenters. The summed E-state index contributed by atoms with van der Waals surface area (Å²) < 4.78 is 51.0. The average Bonchev–Trinajstić information content (AvgIpc) is 2.89. The molecule has 4 aromatic rings. The standard InChI is InChI=1S/C32H36NO5PS/c1-31(2,3)23-18-20-29(38-39(35,25-13-9-7-10-14-25)26-15-11-8-12-16-26)27(21-23)33-40(36,37)30-22-24(32(4,5)6)17-19-28(30)34/h7-22,33-34H,1-6H3. The van der Waals surface area contributed by atoms with E-state index in [2.05, 4.69) is 4.72 Å². The molecule has 0 aliphatic carbocycles. The van der Waals surface area contributed by atoms with Crippen molar-refractivity contribution in [3.63, 3.8) is 0 Å². The molecule has 0 heterocycles. The average molecular weight is 578 g/mol. The van der Waals surface area contributed by atoms with Crippen molar-refractivity contribution in [3.8, 4) is 11.5 Å². The molecule has 40 heavy (non-hydrogen) atoms. The zero-order valence-corrected chi connectivity index (χ0v) is 25.4. The Labute approximate surface area is 237 Å². The summed E-state index contributed by atoms with van der Waals surface area (Å²) in [5, 5.41) is 11.5. The van der Waals surface area contributed by atoms with Crippen LogP contribution in [0.3, 0.4) is 0 Å². The number of phenolic OH excluding ortho intramolecular Hbond substituents is 1. The smallest absolute Gasteiger partial charge is 0.306 e. The maximum atomic E-state index is 14.6. The molecule has 0 fully saturated rings. The van der Waals surface area contributed by atoms with Crippen molar-refractivity contribution in [2.24, 2.45) is 0 Å². The summed E-state index contributed by atoms with van der Waals surface area (Å²) in [5.41, 5.74) is 1.08. The molecule has 4 rings (SSSR count). The Bertz CT molecular complexity index is 1610. The second kappa shape index (κ2) is 10.8. The van der Waals surface area contributed by atoms with E-state index < -0.39 is 17.4 Å². The monoisotopic (exact) mass is 577 g/mol. The first kappa shape index (κ1) is 29.4. The Kier molecular flexibility index (Phi) is 7.94. The van der Waals surface area contributed by atoms with Crippen LogP contribution in [0, 0.1) is 0 Å².